The third-order valence-corrected chi connectivity index (χ3v) is 5.47. The maximum absolute atomic E-state index is 13.4. The number of nitrogens with zero attached hydrogens (tertiary/aromatic N) is 2. The number of carbonyl (C=O) groups excluding carboxylic acids is 1. The number of hydrogen-bond donors (Lipinski definition) is 0. The van der Waals surface area contributed by atoms with Crippen LogP contribution in [0.3, 0.4) is 0 Å². The molecule has 0 N–H and O–H groups in total. The Balaban J connectivity index is 1.75. The summed E-state index contributed by atoms with van der Waals surface area (Å²) >= 11 is 1.19. The second kappa shape index (κ2) is 8.01. The monoisotopic (exact) mass is 404 g/mol. The van der Waals surface area contributed by atoms with Gasteiger partial charge >= 0.3 is 0 Å². The van der Waals surface area contributed by atoms with Crippen molar-refractivity contribution in [2.24, 2.45) is 0 Å². The molecule has 0 unspecified atom stereocenters. The first kappa shape index (κ1) is 19.1. The molecule has 0 amide bonds. The molecule has 0 atom stereocenters. The lowest BCUT2D eigenvalue weighted by molar-refractivity contribution is 0.102. The third-order valence-electron chi connectivity index (χ3n) is 4.54. The molecule has 144 valence electrons. The van der Waals surface area contributed by atoms with Gasteiger partial charge in [0.25, 0.3) is 5.56 Å². The van der Waals surface area contributed by atoms with Gasteiger partial charge in [-0.2, -0.15) is 0 Å². The van der Waals surface area contributed by atoms with Crippen LogP contribution in [0.15, 0.2) is 82.7 Å². The molecule has 0 radical (unpaired) electrons. The molecule has 0 saturated carbocycles. The molecule has 1 heterocycles. The summed E-state index contributed by atoms with van der Waals surface area (Å²) in [6, 6.07) is 20.1. The van der Waals surface area contributed by atoms with Crippen LogP contribution in [0.2, 0.25) is 0 Å². The van der Waals surface area contributed by atoms with Crippen LogP contribution in [0.25, 0.3) is 16.6 Å². The summed E-state index contributed by atoms with van der Waals surface area (Å²) in [5.74, 6) is -0.308. The molecule has 0 bridgehead atoms. The van der Waals surface area contributed by atoms with Crippen LogP contribution in [-0.4, -0.2) is 21.1 Å². The van der Waals surface area contributed by atoms with E-state index in [0.717, 1.165) is 5.56 Å². The van der Waals surface area contributed by atoms with Crippen LogP contribution in [0.5, 0.6) is 0 Å². The highest BCUT2D eigenvalue weighted by Gasteiger charge is 2.15. The summed E-state index contributed by atoms with van der Waals surface area (Å²) in [5, 5.41) is 0.854. The van der Waals surface area contributed by atoms with Crippen molar-refractivity contribution in [2.45, 2.75) is 12.1 Å². The van der Waals surface area contributed by atoms with E-state index in [-0.39, 0.29) is 22.9 Å². The number of halogens is 1. The van der Waals surface area contributed by atoms with Gasteiger partial charge in [0, 0.05) is 5.56 Å². The van der Waals surface area contributed by atoms with E-state index < -0.39 is 0 Å². The number of Topliss-reactive ketones (excluding diaryl/α,β-unsaturated/α-hetero) is 1. The van der Waals surface area contributed by atoms with Crippen LogP contribution in [0.4, 0.5) is 4.39 Å². The lowest BCUT2D eigenvalue weighted by Crippen LogP contribution is -2.22. The maximum atomic E-state index is 13.4. The number of aryl methyl sites for hydroxylation is 1. The Bertz CT molecular complexity index is 1250. The molecule has 0 spiro atoms. The maximum Gasteiger partial charge on any atom is 0.266 e. The number of thioether (sulfide) groups is 1. The highest BCUT2D eigenvalue weighted by atomic mass is 32.2. The Kier molecular flexibility index (Phi) is 5.27. The zero-order chi connectivity index (χ0) is 20.4. The Labute approximate surface area is 171 Å². The summed E-state index contributed by atoms with van der Waals surface area (Å²) in [7, 11) is 0. The van der Waals surface area contributed by atoms with E-state index in [4.69, 9.17) is 0 Å². The Morgan fingerprint density at radius 1 is 1.00 bits per heavy atom. The van der Waals surface area contributed by atoms with Crippen molar-refractivity contribution in [1.29, 1.82) is 0 Å². The lowest BCUT2D eigenvalue weighted by Gasteiger charge is -2.13. The van der Waals surface area contributed by atoms with Crippen molar-refractivity contribution < 1.29 is 9.18 Å². The molecule has 0 aliphatic rings. The average Bonchev–Trinajstić information content (AvgIpc) is 2.73. The van der Waals surface area contributed by atoms with E-state index in [1.165, 1.54) is 40.6 Å². The molecular formula is C23H17FN2O2S. The fourth-order valence-corrected chi connectivity index (χ4v) is 3.89. The van der Waals surface area contributed by atoms with E-state index in [1.54, 1.807) is 30.3 Å². The van der Waals surface area contributed by atoms with Gasteiger partial charge in [-0.1, -0.05) is 53.7 Å². The number of carbonyl (C=O) groups is 1. The fourth-order valence-electron chi connectivity index (χ4n) is 2.98. The van der Waals surface area contributed by atoms with Gasteiger partial charge in [0.05, 0.1) is 22.3 Å². The number of aromatic nitrogens is 2. The number of fused-ring (bicyclic) bond motifs is 1. The molecule has 1 aromatic heterocycles. The minimum atomic E-state index is -0.390. The Morgan fingerprint density at radius 2 is 1.69 bits per heavy atom. The van der Waals surface area contributed by atoms with Crippen LogP contribution in [0.1, 0.15) is 15.9 Å². The number of hydrogen-bond acceptors (Lipinski definition) is 4. The Hall–Kier alpha value is -3.25. The molecule has 0 fully saturated rings. The molecular weight excluding hydrogens is 387 g/mol. The first-order valence-corrected chi connectivity index (χ1v) is 10.0. The van der Waals surface area contributed by atoms with Gasteiger partial charge in [-0.3, -0.25) is 14.2 Å². The molecule has 4 rings (SSSR count). The molecule has 29 heavy (non-hydrogen) atoms. The van der Waals surface area contributed by atoms with Crippen LogP contribution < -0.4 is 5.56 Å². The van der Waals surface area contributed by atoms with Crippen LogP contribution >= 0.6 is 11.8 Å². The van der Waals surface area contributed by atoms with Crippen molar-refractivity contribution in [2.75, 3.05) is 5.75 Å². The summed E-state index contributed by atoms with van der Waals surface area (Å²) in [4.78, 5) is 30.3. The standard InChI is InChI=1S/C23H17FN2O2S/c1-15-6-8-16(9-7-15)21(27)14-29-23-25-20-5-3-2-4-19(20)22(28)26(23)18-12-10-17(24)11-13-18/h2-13H,14H2,1H3. The predicted octanol–water partition coefficient (Wildman–Crippen LogP) is 4.81. The van der Waals surface area contributed by atoms with Crippen molar-refractivity contribution >= 4 is 28.4 Å². The summed E-state index contributed by atoms with van der Waals surface area (Å²) < 4.78 is 14.8. The zero-order valence-electron chi connectivity index (χ0n) is 15.6. The van der Waals surface area contributed by atoms with Crippen LogP contribution in [0, 0.1) is 12.7 Å². The molecule has 0 aliphatic carbocycles. The fraction of sp³-hybridized carbons (Fsp3) is 0.0870. The van der Waals surface area contributed by atoms with Gasteiger partial charge < -0.3 is 0 Å². The van der Waals surface area contributed by atoms with Crippen LogP contribution in [-0.2, 0) is 0 Å². The van der Waals surface area contributed by atoms with E-state index in [1.807, 2.05) is 25.1 Å². The van der Waals surface area contributed by atoms with Crippen molar-refractivity contribution in [1.82, 2.24) is 9.55 Å². The number of para-hydroxylation sites is 1. The lowest BCUT2D eigenvalue weighted by atomic mass is 10.1. The van der Waals surface area contributed by atoms with E-state index >= 15 is 0 Å². The van der Waals surface area contributed by atoms with E-state index in [0.29, 0.717) is 27.3 Å². The third kappa shape index (κ3) is 3.98. The normalized spacial score (nSPS) is 11.0. The molecule has 0 saturated heterocycles. The van der Waals surface area contributed by atoms with Gasteiger partial charge in [0.1, 0.15) is 5.82 Å². The van der Waals surface area contributed by atoms with Gasteiger partial charge in [-0.05, 0) is 43.3 Å². The smallest absolute Gasteiger partial charge is 0.266 e. The number of benzene rings is 3. The van der Waals surface area contributed by atoms with Gasteiger partial charge in [0.15, 0.2) is 10.9 Å². The van der Waals surface area contributed by atoms with Gasteiger partial charge in [0.2, 0.25) is 0 Å². The minimum Gasteiger partial charge on any atom is -0.293 e. The summed E-state index contributed by atoms with van der Waals surface area (Å²) in [6.45, 7) is 1.96. The first-order valence-electron chi connectivity index (χ1n) is 9.03. The van der Waals surface area contributed by atoms with E-state index in [9.17, 15) is 14.0 Å². The molecule has 6 heteroatoms. The van der Waals surface area contributed by atoms with Crippen molar-refractivity contribution in [3.05, 3.63) is 100 Å². The number of ketones is 1. The second-order valence-electron chi connectivity index (χ2n) is 6.61. The zero-order valence-corrected chi connectivity index (χ0v) is 16.4. The van der Waals surface area contributed by atoms with Crippen molar-refractivity contribution in [3.63, 3.8) is 0 Å². The average molecular weight is 404 g/mol. The highest BCUT2D eigenvalue weighted by Crippen LogP contribution is 2.22. The molecule has 4 nitrogen and oxygen atoms in total. The van der Waals surface area contributed by atoms with Gasteiger partial charge in [-0.25, -0.2) is 9.37 Å². The molecule has 4 aromatic rings. The Morgan fingerprint density at radius 3 is 2.41 bits per heavy atom. The summed E-state index contributed by atoms with van der Waals surface area (Å²) in [5.41, 5.74) is 2.49. The van der Waals surface area contributed by atoms with Crippen molar-refractivity contribution in [3.8, 4) is 5.69 Å². The molecule has 3 aromatic carbocycles. The minimum absolute atomic E-state index is 0.0527. The predicted molar refractivity (Wildman–Crippen MR) is 114 cm³/mol. The highest BCUT2D eigenvalue weighted by molar-refractivity contribution is 7.99. The van der Waals surface area contributed by atoms with E-state index in [2.05, 4.69) is 4.98 Å². The largest absolute Gasteiger partial charge is 0.293 e. The SMILES string of the molecule is Cc1ccc(C(=O)CSc2nc3ccccc3c(=O)n2-c2ccc(F)cc2)cc1. The summed E-state index contributed by atoms with van der Waals surface area (Å²) in [6.07, 6.45) is 0. The quantitative estimate of drug-likeness (QED) is 0.272. The first-order chi connectivity index (χ1) is 14.0. The topological polar surface area (TPSA) is 52.0 Å². The molecule has 0 aliphatic heterocycles. The van der Waals surface area contributed by atoms with Gasteiger partial charge in [-0.15, -0.1) is 0 Å². The second-order valence-corrected chi connectivity index (χ2v) is 7.55. The number of rotatable bonds is 5.